The maximum Gasteiger partial charge on any atom is 0.248 e. The van der Waals surface area contributed by atoms with Crippen LogP contribution < -0.4 is 10.2 Å². The fourth-order valence-corrected chi connectivity index (χ4v) is 2.92. The Bertz CT molecular complexity index is 707. The first kappa shape index (κ1) is 15.6. The molecule has 0 radical (unpaired) electrons. The summed E-state index contributed by atoms with van der Waals surface area (Å²) in [5.41, 5.74) is 2.80. The number of carbonyl (C=O) groups excluding carboxylic acids is 1. The lowest BCUT2D eigenvalue weighted by atomic mass is 10.2. The molecular formula is C19H19ClN2O. The molecule has 2 aromatic carbocycles. The fourth-order valence-electron chi connectivity index (χ4n) is 2.75. The molecule has 0 saturated carbocycles. The second-order valence-corrected chi connectivity index (χ2v) is 6.03. The lowest BCUT2D eigenvalue weighted by Crippen LogP contribution is -2.20. The Morgan fingerprint density at radius 1 is 1.09 bits per heavy atom. The summed E-state index contributed by atoms with van der Waals surface area (Å²) in [7, 11) is 0. The molecule has 23 heavy (non-hydrogen) atoms. The molecule has 1 heterocycles. The highest BCUT2D eigenvalue weighted by Crippen LogP contribution is 2.31. The Morgan fingerprint density at radius 2 is 1.83 bits per heavy atom. The normalized spacial score (nSPS) is 14.4. The van der Waals surface area contributed by atoms with Gasteiger partial charge in [-0.1, -0.05) is 41.9 Å². The van der Waals surface area contributed by atoms with Gasteiger partial charge in [0.05, 0.1) is 11.4 Å². The zero-order chi connectivity index (χ0) is 16.1. The maximum atomic E-state index is 12.2. The average Bonchev–Trinajstić information content (AvgIpc) is 3.08. The molecule has 0 spiro atoms. The van der Waals surface area contributed by atoms with Crippen LogP contribution in [0.4, 0.5) is 11.4 Å². The standard InChI is InChI=1S/C19H19ClN2O/c20-16-9-10-18(22-12-4-5-13-22)17(14-16)21-19(23)11-8-15-6-2-1-3-7-15/h1-3,6-11,14H,4-5,12-13H2,(H,21,23)/b11-8+. The molecule has 1 aliphatic rings. The third kappa shape index (κ3) is 4.14. The Hall–Kier alpha value is -2.26. The second kappa shape index (κ2) is 7.34. The zero-order valence-electron chi connectivity index (χ0n) is 12.8. The van der Waals surface area contributed by atoms with Gasteiger partial charge in [0.15, 0.2) is 0 Å². The minimum absolute atomic E-state index is 0.156. The Labute approximate surface area is 141 Å². The maximum absolute atomic E-state index is 12.2. The average molecular weight is 327 g/mol. The molecule has 4 heteroatoms. The van der Waals surface area contributed by atoms with E-state index in [-0.39, 0.29) is 5.91 Å². The minimum Gasteiger partial charge on any atom is -0.370 e. The van der Waals surface area contributed by atoms with Crippen molar-refractivity contribution in [1.29, 1.82) is 0 Å². The van der Waals surface area contributed by atoms with Gasteiger partial charge in [-0.3, -0.25) is 4.79 Å². The molecule has 3 rings (SSSR count). The molecule has 1 aliphatic heterocycles. The van der Waals surface area contributed by atoms with E-state index in [0.717, 1.165) is 30.0 Å². The lowest BCUT2D eigenvalue weighted by molar-refractivity contribution is -0.111. The van der Waals surface area contributed by atoms with E-state index in [2.05, 4.69) is 10.2 Å². The van der Waals surface area contributed by atoms with Crippen molar-refractivity contribution in [2.24, 2.45) is 0 Å². The molecule has 1 saturated heterocycles. The lowest BCUT2D eigenvalue weighted by Gasteiger charge is -2.21. The summed E-state index contributed by atoms with van der Waals surface area (Å²) in [6.07, 6.45) is 5.72. The predicted octanol–water partition coefficient (Wildman–Crippen LogP) is 4.59. The summed E-state index contributed by atoms with van der Waals surface area (Å²) in [5, 5.41) is 3.57. The summed E-state index contributed by atoms with van der Waals surface area (Å²) in [6, 6.07) is 15.4. The van der Waals surface area contributed by atoms with Crippen LogP contribution in [-0.4, -0.2) is 19.0 Å². The number of nitrogens with one attached hydrogen (secondary N) is 1. The Morgan fingerprint density at radius 3 is 2.57 bits per heavy atom. The van der Waals surface area contributed by atoms with Crippen LogP contribution in [0.3, 0.4) is 0 Å². The smallest absolute Gasteiger partial charge is 0.248 e. The number of carbonyl (C=O) groups is 1. The van der Waals surface area contributed by atoms with Crippen LogP contribution in [0.2, 0.25) is 5.02 Å². The monoisotopic (exact) mass is 326 g/mol. The van der Waals surface area contributed by atoms with Gasteiger partial charge in [-0.25, -0.2) is 0 Å². The number of hydrogen-bond donors (Lipinski definition) is 1. The van der Waals surface area contributed by atoms with Crippen molar-refractivity contribution >= 4 is 35.0 Å². The highest BCUT2D eigenvalue weighted by Gasteiger charge is 2.16. The van der Waals surface area contributed by atoms with Crippen LogP contribution in [0, 0.1) is 0 Å². The van der Waals surface area contributed by atoms with Crippen molar-refractivity contribution in [2.75, 3.05) is 23.3 Å². The van der Waals surface area contributed by atoms with Gasteiger partial charge >= 0.3 is 0 Å². The number of rotatable bonds is 4. The molecule has 118 valence electrons. The van der Waals surface area contributed by atoms with Crippen LogP contribution in [0.25, 0.3) is 6.08 Å². The number of hydrogen-bond acceptors (Lipinski definition) is 2. The molecule has 1 fully saturated rings. The zero-order valence-corrected chi connectivity index (χ0v) is 13.6. The summed E-state index contributed by atoms with van der Waals surface area (Å²) in [5.74, 6) is -0.156. The third-order valence-corrected chi connectivity index (χ3v) is 4.13. The summed E-state index contributed by atoms with van der Waals surface area (Å²) >= 11 is 6.09. The van der Waals surface area contributed by atoms with Gasteiger partial charge in [0.25, 0.3) is 0 Å². The highest BCUT2D eigenvalue weighted by molar-refractivity contribution is 6.31. The summed E-state index contributed by atoms with van der Waals surface area (Å²) < 4.78 is 0. The molecule has 1 N–H and O–H groups in total. The largest absolute Gasteiger partial charge is 0.370 e. The third-order valence-electron chi connectivity index (χ3n) is 3.89. The van der Waals surface area contributed by atoms with Crippen molar-refractivity contribution in [1.82, 2.24) is 0 Å². The number of benzene rings is 2. The van der Waals surface area contributed by atoms with Gasteiger partial charge in [0.1, 0.15) is 0 Å². The number of anilines is 2. The van der Waals surface area contributed by atoms with E-state index in [9.17, 15) is 4.79 Å². The summed E-state index contributed by atoms with van der Waals surface area (Å²) in [6.45, 7) is 2.04. The molecule has 0 aromatic heterocycles. The van der Waals surface area contributed by atoms with Crippen molar-refractivity contribution in [3.63, 3.8) is 0 Å². The molecule has 0 unspecified atom stereocenters. The van der Waals surface area contributed by atoms with Gasteiger partial charge in [-0.05, 0) is 42.7 Å². The topological polar surface area (TPSA) is 32.3 Å². The van der Waals surface area contributed by atoms with E-state index in [4.69, 9.17) is 11.6 Å². The highest BCUT2D eigenvalue weighted by atomic mass is 35.5. The molecule has 2 aromatic rings. The van der Waals surface area contributed by atoms with Crippen LogP contribution >= 0.6 is 11.6 Å². The van der Waals surface area contributed by atoms with Crippen molar-refractivity contribution in [3.05, 3.63) is 65.2 Å². The molecular weight excluding hydrogens is 308 g/mol. The van der Waals surface area contributed by atoms with E-state index in [0.29, 0.717) is 5.02 Å². The Kier molecular flexibility index (Phi) is 4.99. The minimum atomic E-state index is -0.156. The molecule has 1 amide bonds. The summed E-state index contributed by atoms with van der Waals surface area (Å²) in [4.78, 5) is 14.5. The Balaban J connectivity index is 1.75. The fraction of sp³-hybridized carbons (Fsp3) is 0.211. The molecule has 3 nitrogen and oxygen atoms in total. The number of nitrogens with zero attached hydrogens (tertiary/aromatic N) is 1. The molecule has 0 atom stereocenters. The van der Waals surface area contributed by atoms with Gasteiger partial charge in [0, 0.05) is 24.2 Å². The predicted molar refractivity (Wildman–Crippen MR) is 97.0 cm³/mol. The van der Waals surface area contributed by atoms with Crippen LogP contribution in [0.5, 0.6) is 0 Å². The SMILES string of the molecule is O=C(/C=C/c1ccccc1)Nc1cc(Cl)ccc1N1CCCC1. The second-order valence-electron chi connectivity index (χ2n) is 5.59. The van der Waals surface area contributed by atoms with Crippen molar-refractivity contribution < 1.29 is 4.79 Å². The van der Waals surface area contributed by atoms with Gasteiger partial charge in [-0.2, -0.15) is 0 Å². The van der Waals surface area contributed by atoms with Gasteiger partial charge in [0.2, 0.25) is 5.91 Å². The first-order valence-electron chi connectivity index (χ1n) is 7.81. The number of amides is 1. The van der Waals surface area contributed by atoms with E-state index < -0.39 is 0 Å². The van der Waals surface area contributed by atoms with E-state index >= 15 is 0 Å². The quantitative estimate of drug-likeness (QED) is 0.833. The van der Waals surface area contributed by atoms with E-state index in [1.807, 2.05) is 48.5 Å². The van der Waals surface area contributed by atoms with E-state index in [1.54, 1.807) is 12.2 Å². The van der Waals surface area contributed by atoms with Crippen molar-refractivity contribution in [3.8, 4) is 0 Å². The van der Waals surface area contributed by atoms with Crippen LogP contribution in [-0.2, 0) is 4.79 Å². The van der Waals surface area contributed by atoms with Crippen molar-refractivity contribution in [2.45, 2.75) is 12.8 Å². The van der Waals surface area contributed by atoms with Gasteiger partial charge < -0.3 is 10.2 Å². The van der Waals surface area contributed by atoms with E-state index in [1.165, 1.54) is 12.8 Å². The van der Waals surface area contributed by atoms with Crippen LogP contribution in [0.1, 0.15) is 18.4 Å². The number of halogens is 1. The first-order chi connectivity index (χ1) is 11.2. The van der Waals surface area contributed by atoms with Crippen LogP contribution in [0.15, 0.2) is 54.6 Å². The first-order valence-corrected chi connectivity index (χ1v) is 8.19. The van der Waals surface area contributed by atoms with Gasteiger partial charge in [-0.15, -0.1) is 0 Å². The molecule has 0 aliphatic carbocycles. The molecule has 0 bridgehead atoms.